The Balaban J connectivity index is 1.57. The summed E-state index contributed by atoms with van der Waals surface area (Å²) < 4.78 is 57.4. The molecule has 1 saturated carbocycles. The van der Waals surface area contributed by atoms with Crippen LogP contribution in [-0.4, -0.2) is 50.1 Å². The number of hydrogen-bond donors (Lipinski definition) is 1. The standard InChI is InChI=1S/C30H40ClFN4O5SSi/c1-17-9-11-23(32)26(18(17)2)19(3)27(28-33-34-29(37)40-28)36-16-35(24-13-20(31)10-12-25(24)42(36,38)39)21-14-22(15-21)41-43(7,8)30(4,5)6/h9-13,19,21-22,27H,14-16H2,1-8H3,(H,34,37)/t19-,21?,22?,27+/m1/s1. The van der Waals surface area contributed by atoms with Gasteiger partial charge in [-0.1, -0.05) is 45.4 Å². The van der Waals surface area contributed by atoms with Crippen LogP contribution in [0.2, 0.25) is 23.2 Å². The van der Waals surface area contributed by atoms with Gasteiger partial charge < -0.3 is 13.7 Å². The average Bonchev–Trinajstić information content (AvgIpc) is 3.30. The van der Waals surface area contributed by atoms with Crippen LogP contribution in [0.1, 0.15) is 75.1 Å². The van der Waals surface area contributed by atoms with Gasteiger partial charge in [-0.3, -0.25) is 0 Å². The molecule has 1 N–H and O–H groups in total. The number of fused-ring (bicyclic) bond motifs is 1. The Morgan fingerprint density at radius 3 is 2.47 bits per heavy atom. The fraction of sp³-hybridized carbons (Fsp3) is 0.533. The van der Waals surface area contributed by atoms with Gasteiger partial charge in [-0.2, -0.15) is 4.31 Å². The summed E-state index contributed by atoms with van der Waals surface area (Å²) in [6.07, 6.45) is 1.49. The van der Waals surface area contributed by atoms with Crippen molar-refractivity contribution in [2.45, 2.75) is 102 Å². The van der Waals surface area contributed by atoms with E-state index >= 15 is 4.39 Å². The first-order valence-electron chi connectivity index (χ1n) is 14.5. The van der Waals surface area contributed by atoms with Crippen LogP contribution in [-0.2, 0) is 14.4 Å². The van der Waals surface area contributed by atoms with Crippen LogP contribution in [0.15, 0.2) is 44.4 Å². The molecule has 43 heavy (non-hydrogen) atoms. The Bertz CT molecular complexity index is 1700. The highest BCUT2D eigenvalue weighted by Crippen LogP contribution is 2.48. The first kappa shape index (κ1) is 31.9. The van der Waals surface area contributed by atoms with Crippen molar-refractivity contribution in [2.24, 2.45) is 0 Å². The highest BCUT2D eigenvalue weighted by atomic mass is 35.5. The summed E-state index contributed by atoms with van der Waals surface area (Å²) in [5.41, 5.74) is 2.40. The first-order chi connectivity index (χ1) is 19.9. The maximum atomic E-state index is 15.4. The topological polar surface area (TPSA) is 109 Å². The Morgan fingerprint density at radius 2 is 1.86 bits per heavy atom. The van der Waals surface area contributed by atoms with E-state index < -0.39 is 41.9 Å². The van der Waals surface area contributed by atoms with E-state index in [4.69, 9.17) is 20.4 Å². The molecule has 2 aliphatic rings. The van der Waals surface area contributed by atoms with Crippen molar-refractivity contribution in [1.29, 1.82) is 0 Å². The Hall–Kier alpha value is -2.51. The normalized spacial score (nSPS) is 22.1. The molecule has 3 aromatic rings. The third kappa shape index (κ3) is 5.72. The molecule has 0 unspecified atom stereocenters. The van der Waals surface area contributed by atoms with Gasteiger partial charge in [0.05, 0.1) is 12.4 Å². The van der Waals surface area contributed by atoms with Crippen molar-refractivity contribution in [3.05, 3.63) is 74.3 Å². The summed E-state index contributed by atoms with van der Waals surface area (Å²) >= 11 is 6.38. The molecule has 2 atom stereocenters. The fourth-order valence-corrected chi connectivity index (χ4v) is 9.20. The molecule has 1 fully saturated rings. The summed E-state index contributed by atoms with van der Waals surface area (Å²) in [7, 11) is -6.17. The zero-order valence-corrected chi connectivity index (χ0v) is 28.4. The number of sulfonamides is 1. The maximum Gasteiger partial charge on any atom is 0.434 e. The minimum absolute atomic E-state index is 0.0235. The smallest absolute Gasteiger partial charge is 0.414 e. The van der Waals surface area contributed by atoms with Gasteiger partial charge >= 0.3 is 5.76 Å². The predicted octanol–water partition coefficient (Wildman–Crippen LogP) is 6.64. The van der Waals surface area contributed by atoms with Crippen LogP contribution in [0, 0.1) is 19.7 Å². The van der Waals surface area contributed by atoms with Gasteiger partial charge in [-0.05, 0) is 85.8 Å². The lowest BCUT2D eigenvalue weighted by Gasteiger charge is -2.51. The number of anilines is 1. The molecule has 0 spiro atoms. The van der Waals surface area contributed by atoms with Gasteiger partial charge in [-0.25, -0.2) is 22.7 Å². The number of hydrogen-bond acceptors (Lipinski definition) is 7. The van der Waals surface area contributed by atoms with Gasteiger partial charge in [-0.15, -0.1) is 5.10 Å². The SMILES string of the molecule is Cc1ccc(F)c([C@@H](C)[C@@H](c2n[nH]c(=O)o2)N2CN(C3CC(O[Si](C)(C)C(C)(C)C)C3)c3cc(Cl)ccc3S2(=O)=O)c1C. The minimum Gasteiger partial charge on any atom is -0.414 e. The third-order valence-corrected chi connectivity index (χ3v) is 16.2. The fourth-order valence-electron chi connectivity index (χ4n) is 5.87. The van der Waals surface area contributed by atoms with Crippen molar-refractivity contribution in [3.63, 3.8) is 0 Å². The van der Waals surface area contributed by atoms with Crippen LogP contribution in [0.25, 0.3) is 0 Å². The van der Waals surface area contributed by atoms with Crippen molar-refractivity contribution in [3.8, 4) is 0 Å². The minimum atomic E-state index is -4.17. The lowest BCUT2D eigenvalue weighted by molar-refractivity contribution is 0.0772. The molecule has 1 aliphatic heterocycles. The van der Waals surface area contributed by atoms with Gasteiger partial charge in [0.2, 0.25) is 15.9 Å². The lowest BCUT2D eigenvalue weighted by atomic mass is 9.87. The zero-order chi connectivity index (χ0) is 31.6. The van der Waals surface area contributed by atoms with Crippen LogP contribution in [0.3, 0.4) is 0 Å². The molecule has 13 heteroatoms. The van der Waals surface area contributed by atoms with Crippen molar-refractivity contribution in [2.75, 3.05) is 11.6 Å². The summed E-state index contributed by atoms with van der Waals surface area (Å²) in [6, 6.07) is 6.62. The highest BCUT2D eigenvalue weighted by molar-refractivity contribution is 7.89. The zero-order valence-electron chi connectivity index (χ0n) is 25.9. The van der Waals surface area contributed by atoms with Gasteiger partial charge in [0.25, 0.3) is 0 Å². The number of benzene rings is 2. The molecule has 1 aromatic heterocycles. The number of halogens is 2. The molecule has 9 nitrogen and oxygen atoms in total. The number of aromatic nitrogens is 2. The molecule has 0 saturated heterocycles. The van der Waals surface area contributed by atoms with E-state index in [0.29, 0.717) is 21.8 Å². The summed E-state index contributed by atoms with van der Waals surface area (Å²) in [5, 5.41) is 6.78. The van der Waals surface area contributed by atoms with Crippen LogP contribution >= 0.6 is 11.6 Å². The monoisotopic (exact) mass is 650 g/mol. The molecule has 0 radical (unpaired) electrons. The number of nitrogens with one attached hydrogen (secondary N) is 1. The number of rotatable bonds is 7. The van der Waals surface area contributed by atoms with E-state index in [1.165, 1.54) is 16.4 Å². The van der Waals surface area contributed by atoms with Crippen LogP contribution in [0.5, 0.6) is 0 Å². The van der Waals surface area contributed by atoms with E-state index in [9.17, 15) is 13.2 Å². The molecule has 2 heterocycles. The quantitative estimate of drug-likeness (QED) is 0.286. The predicted molar refractivity (Wildman–Crippen MR) is 167 cm³/mol. The number of aryl methyl sites for hydroxylation is 1. The molecule has 1 aliphatic carbocycles. The number of aromatic amines is 1. The van der Waals surface area contributed by atoms with E-state index in [0.717, 1.165) is 18.4 Å². The van der Waals surface area contributed by atoms with E-state index in [1.807, 2.05) is 11.8 Å². The second kappa shape index (κ2) is 11.1. The summed E-state index contributed by atoms with van der Waals surface area (Å²) in [4.78, 5) is 14.2. The maximum absolute atomic E-state index is 15.4. The molecular weight excluding hydrogens is 611 g/mol. The Kier molecular flexibility index (Phi) is 8.26. The van der Waals surface area contributed by atoms with Crippen LogP contribution in [0.4, 0.5) is 10.1 Å². The third-order valence-electron chi connectivity index (χ3n) is 9.57. The van der Waals surface area contributed by atoms with Gasteiger partial charge in [0, 0.05) is 23.1 Å². The Morgan fingerprint density at radius 1 is 1.19 bits per heavy atom. The van der Waals surface area contributed by atoms with Crippen molar-refractivity contribution in [1.82, 2.24) is 14.5 Å². The largest absolute Gasteiger partial charge is 0.434 e. The van der Waals surface area contributed by atoms with Gasteiger partial charge in [0.1, 0.15) is 16.8 Å². The van der Waals surface area contributed by atoms with Crippen LogP contribution < -0.4 is 10.7 Å². The van der Waals surface area contributed by atoms with E-state index in [2.05, 4.69) is 44.1 Å². The second-order valence-electron chi connectivity index (χ2n) is 13.3. The van der Waals surface area contributed by atoms with E-state index in [1.54, 1.807) is 32.0 Å². The lowest BCUT2D eigenvalue weighted by Crippen LogP contribution is -2.58. The molecule has 0 bridgehead atoms. The molecular formula is C30H40ClFN4O5SSi. The molecule has 2 aromatic carbocycles. The molecule has 234 valence electrons. The second-order valence-corrected chi connectivity index (χ2v) is 20.4. The number of H-pyrrole nitrogens is 1. The first-order valence-corrected chi connectivity index (χ1v) is 19.2. The Labute approximate surface area is 258 Å². The number of nitrogens with zero attached hydrogens (tertiary/aromatic N) is 3. The van der Waals surface area contributed by atoms with Crippen molar-refractivity contribution < 1.29 is 21.7 Å². The highest BCUT2D eigenvalue weighted by Gasteiger charge is 2.49. The molecule has 0 amide bonds. The van der Waals surface area contributed by atoms with Gasteiger partial charge in [0.15, 0.2) is 8.32 Å². The summed E-state index contributed by atoms with van der Waals surface area (Å²) in [5.74, 6) is -2.18. The average molecular weight is 651 g/mol. The summed E-state index contributed by atoms with van der Waals surface area (Å²) in [6.45, 7) is 16.4. The van der Waals surface area contributed by atoms with Crippen molar-refractivity contribution >= 4 is 35.6 Å². The van der Waals surface area contributed by atoms with E-state index in [-0.39, 0.29) is 34.6 Å². The molecule has 5 rings (SSSR count).